The van der Waals surface area contributed by atoms with Gasteiger partial charge in [0, 0.05) is 36.9 Å². The van der Waals surface area contributed by atoms with Crippen molar-refractivity contribution in [1.82, 2.24) is 4.90 Å². The summed E-state index contributed by atoms with van der Waals surface area (Å²) in [6.07, 6.45) is 3.05. The minimum absolute atomic E-state index is 0.0130. The third-order valence-corrected chi connectivity index (χ3v) is 7.72. The quantitative estimate of drug-likeness (QED) is 0.707. The SMILES string of the molecule is O=C(CN1CC[C@]2(CCCO2)[C@@H](OCc2ccccc2)C1)N1CCSc2ccccc21. The molecule has 164 valence electrons. The van der Waals surface area contributed by atoms with Crippen LogP contribution in [0, 0.1) is 0 Å². The molecule has 3 aliphatic rings. The molecule has 5 nitrogen and oxygen atoms in total. The lowest BCUT2D eigenvalue weighted by Crippen LogP contribution is -2.58. The highest BCUT2D eigenvalue weighted by molar-refractivity contribution is 7.99. The molecule has 0 unspecified atom stereocenters. The van der Waals surface area contributed by atoms with Gasteiger partial charge in [-0.05, 0) is 37.0 Å². The Morgan fingerprint density at radius 3 is 2.77 bits per heavy atom. The molecule has 3 aliphatic heterocycles. The molecule has 0 N–H and O–H groups in total. The largest absolute Gasteiger partial charge is 0.372 e. The number of likely N-dealkylation sites (tertiary alicyclic amines) is 1. The van der Waals surface area contributed by atoms with Crippen molar-refractivity contribution in [3.05, 3.63) is 60.2 Å². The van der Waals surface area contributed by atoms with Crippen LogP contribution in [0.2, 0.25) is 0 Å². The van der Waals surface area contributed by atoms with Crippen molar-refractivity contribution in [2.45, 2.75) is 42.5 Å². The van der Waals surface area contributed by atoms with Gasteiger partial charge in [0.25, 0.3) is 0 Å². The maximum atomic E-state index is 13.2. The molecule has 0 aromatic heterocycles. The molecule has 0 aliphatic carbocycles. The summed E-state index contributed by atoms with van der Waals surface area (Å²) in [4.78, 5) is 18.6. The van der Waals surface area contributed by atoms with E-state index in [1.54, 1.807) is 0 Å². The van der Waals surface area contributed by atoms with Gasteiger partial charge in [-0.15, -0.1) is 11.8 Å². The Hall–Kier alpha value is -1.86. The lowest BCUT2D eigenvalue weighted by atomic mass is 9.85. The van der Waals surface area contributed by atoms with Crippen molar-refractivity contribution in [2.24, 2.45) is 0 Å². The fourth-order valence-corrected chi connectivity index (χ4v) is 5.99. The standard InChI is InChI=1S/C25H30N2O3S/c28-24(27-14-16-31-22-10-5-4-9-21(22)27)18-26-13-12-25(11-6-15-30-25)23(17-26)29-19-20-7-2-1-3-8-20/h1-5,7-10,23H,6,11-19H2/t23-,25+/m0/s1. The van der Waals surface area contributed by atoms with Gasteiger partial charge in [0.2, 0.25) is 5.91 Å². The Kier molecular flexibility index (Phi) is 6.32. The second-order valence-corrected chi connectivity index (χ2v) is 9.79. The van der Waals surface area contributed by atoms with Gasteiger partial charge in [0.15, 0.2) is 0 Å². The first-order valence-electron chi connectivity index (χ1n) is 11.3. The molecule has 1 amide bonds. The van der Waals surface area contributed by atoms with E-state index in [1.165, 1.54) is 10.5 Å². The second kappa shape index (κ2) is 9.33. The van der Waals surface area contributed by atoms with Gasteiger partial charge in [-0.2, -0.15) is 0 Å². The molecule has 5 rings (SSSR count). The number of benzene rings is 2. The molecule has 0 bridgehead atoms. The van der Waals surface area contributed by atoms with E-state index in [4.69, 9.17) is 9.47 Å². The van der Waals surface area contributed by atoms with Gasteiger partial charge in [-0.3, -0.25) is 9.69 Å². The molecular weight excluding hydrogens is 408 g/mol. The number of fused-ring (bicyclic) bond motifs is 1. The van der Waals surface area contributed by atoms with Gasteiger partial charge < -0.3 is 14.4 Å². The number of ether oxygens (including phenoxy) is 2. The molecule has 6 heteroatoms. The van der Waals surface area contributed by atoms with Crippen molar-refractivity contribution in [3.8, 4) is 0 Å². The molecular formula is C25H30N2O3S. The molecule has 0 saturated carbocycles. The number of rotatable bonds is 5. The van der Waals surface area contributed by atoms with Gasteiger partial charge in [-0.25, -0.2) is 0 Å². The lowest BCUT2D eigenvalue weighted by molar-refractivity contribution is -0.160. The Morgan fingerprint density at radius 1 is 1.10 bits per heavy atom. The Bertz CT molecular complexity index is 901. The van der Waals surface area contributed by atoms with Gasteiger partial charge >= 0.3 is 0 Å². The number of carbonyl (C=O) groups excluding carboxylic acids is 1. The zero-order chi connectivity index (χ0) is 21.1. The number of piperidine rings is 1. The predicted octanol–water partition coefficient (Wildman–Crippen LogP) is 3.97. The van der Waals surface area contributed by atoms with Crippen LogP contribution in [0.5, 0.6) is 0 Å². The third kappa shape index (κ3) is 4.53. The molecule has 3 heterocycles. The highest BCUT2D eigenvalue weighted by atomic mass is 32.2. The van der Waals surface area contributed by atoms with E-state index >= 15 is 0 Å². The van der Waals surface area contributed by atoms with Gasteiger partial charge in [0.1, 0.15) is 0 Å². The molecule has 0 radical (unpaired) electrons. The van der Waals surface area contributed by atoms with Crippen LogP contribution in [-0.4, -0.2) is 61.1 Å². The Morgan fingerprint density at radius 2 is 1.94 bits per heavy atom. The average molecular weight is 439 g/mol. The smallest absolute Gasteiger partial charge is 0.241 e. The number of para-hydroxylation sites is 1. The van der Waals surface area contributed by atoms with Crippen molar-refractivity contribution < 1.29 is 14.3 Å². The number of hydrogen-bond acceptors (Lipinski definition) is 5. The molecule has 31 heavy (non-hydrogen) atoms. The number of hydrogen-bond donors (Lipinski definition) is 0. The first kappa shape index (κ1) is 21.0. The summed E-state index contributed by atoms with van der Waals surface area (Å²) in [6, 6.07) is 18.5. The van der Waals surface area contributed by atoms with E-state index in [2.05, 4.69) is 29.2 Å². The monoisotopic (exact) mass is 438 g/mol. The summed E-state index contributed by atoms with van der Waals surface area (Å²) in [5.41, 5.74) is 2.03. The van der Waals surface area contributed by atoms with Gasteiger partial charge in [0.05, 0.1) is 30.5 Å². The van der Waals surface area contributed by atoms with Crippen LogP contribution < -0.4 is 4.90 Å². The second-order valence-electron chi connectivity index (χ2n) is 8.65. The molecule has 2 aromatic carbocycles. The molecule has 2 fully saturated rings. The first-order chi connectivity index (χ1) is 15.2. The van der Waals surface area contributed by atoms with Gasteiger partial charge in [-0.1, -0.05) is 42.5 Å². The minimum Gasteiger partial charge on any atom is -0.372 e. The normalized spacial score (nSPS) is 26.2. The van der Waals surface area contributed by atoms with Crippen LogP contribution in [0.1, 0.15) is 24.8 Å². The third-order valence-electron chi connectivity index (χ3n) is 6.68. The van der Waals surface area contributed by atoms with E-state index in [1.807, 2.05) is 47.0 Å². The van der Waals surface area contributed by atoms with E-state index in [9.17, 15) is 4.79 Å². The van der Waals surface area contributed by atoms with E-state index in [-0.39, 0.29) is 17.6 Å². The number of thioether (sulfide) groups is 1. The molecule has 2 saturated heterocycles. The van der Waals surface area contributed by atoms with E-state index in [0.29, 0.717) is 13.2 Å². The summed E-state index contributed by atoms with van der Waals surface area (Å²) < 4.78 is 12.7. The molecule has 2 atom stereocenters. The summed E-state index contributed by atoms with van der Waals surface area (Å²) in [6.45, 7) is 4.21. The number of anilines is 1. The molecule has 1 spiro atoms. The number of carbonyl (C=O) groups is 1. The lowest BCUT2D eigenvalue weighted by Gasteiger charge is -2.45. The topological polar surface area (TPSA) is 42.0 Å². The highest BCUT2D eigenvalue weighted by Gasteiger charge is 2.47. The zero-order valence-corrected chi connectivity index (χ0v) is 18.7. The van der Waals surface area contributed by atoms with Crippen molar-refractivity contribution in [1.29, 1.82) is 0 Å². The Labute approximate surface area is 188 Å². The maximum Gasteiger partial charge on any atom is 0.241 e. The van der Waals surface area contributed by atoms with E-state index in [0.717, 1.165) is 56.9 Å². The van der Waals surface area contributed by atoms with E-state index < -0.39 is 0 Å². The predicted molar refractivity (Wildman–Crippen MR) is 124 cm³/mol. The Balaban J connectivity index is 1.26. The van der Waals surface area contributed by atoms with Crippen molar-refractivity contribution in [3.63, 3.8) is 0 Å². The van der Waals surface area contributed by atoms with Crippen LogP contribution in [0.4, 0.5) is 5.69 Å². The summed E-state index contributed by atoms with van der Waals surface area (Å²) in [7, 11) is 0. The van der Waals surface area contributed by atoms with Crippen LogP contribution in [0.25, 0.3) is 0 Å². The van der Waals surface area contributed by atoms with Crippen LogP contribution in [0.3, 0.4) is 0 Å². The summed E-state index contributed by atoms with van der Waals surface area (Å²) >= 11 is 1.83. The first-order valence-corrected chi connectivity index (χ1v) is 12.3. The number of amides is 1. The average Bonchev–Trinajstić information content (AvgIpc) is 3.29. The molecule has 2 aromatic rings. The number of nitrogens with zero attached hydrogens (tertiary/aromatic N) is 2. The van der Waals surface area contributed by atoms with Crippen LogP contribution in [0.15, 0.2) is 59.5 Å². The van der Waals surface area contributed by atoms with Crippen LogP contribution >= 0.6 is 11.8 Å². The fourth-order valence-electron chi connectivity index (χ4n) is 5.00. The minimum atomic E-state index is -0.192. The van der Waals surface area contributed by atoms with Crippen molar-refractivity contribution in [2.75, 3.05) is 43.4 Å². The zero-order valence-electron chi connectivity index (χ0n) is 17.9. The summed E-state index contributed by atoms with van der Waals surface area (Å²) in [5.74, 6) is 1.13. The highest BCUT2D eigenvalue weighted by Crippen LogP contribution is 2.38. The maximum absolute atomic E-state index is 13.2. The fraction of sp³-hybridized carbons (Fsp3) is 0.480. The summed E-state index contributed by atoms with van der Waals surface area (Å²) in [5, 5.41) is 0. The van der Waals surface area contributed by atoms with Crippen LogP contribution in [-0.2, 0) is 20.9 Å². The van der Waals surface area contributed by atoms with Crippen molar-refractivity contribution >= 4 is 23.4 Å².